The van der Waals surface area contributed by atoms with E-state index in [1.165, 1.54) is 4.90 Å². The van der Waals surface area contributed by atoms with E-state index in [9.17, 15) is 8.42 Å². The first-order valence-electron chi connectivity index (χ1n) is 3.28. The SMILES string of the molecule is CCCN(CO)CS(=O)(=O)O. The third kappa shape index (κ3) is 6.24. The number of hydrogen-bond acceptors (Lipinski definition) is 4. The molecule has 0 fully saturated rings. The molecule has 0 aromatic rings. The summed E-state index contributed by atoms with van der Waals surface area (Å²) in [6, 6.07) is 0. The van der Waals surface area contributed by atoms with Crippen LogP contribution >= 0.6 is 0 Å². The molecule has 0 bridgehead atoms. The maximum atomic E-state index is 10.3. The topological polar surface area (TPSA) is 77.8 Å². The summed E-state index contributed by atoms with van der Waals surface area (Å²) < 4.78 is 28.9. The first kappa shape index (κ1) is 10.8. The Balaban J connectivity index is 3.88. The van der Waals surface area contributed by atoms with Gasteiger partial charge in [-0.15, -0.1) is 0 Å². The van der Waals surface area contributed by atoms with Gasteiger partial charge in [0.2, 0.25) is 0 Å². The van der Waals surface area contributed by atoms with Gasteiger partial charge in [0.1, 0.15) is 5.88 Å². The zero-order chi connectivity index (χ0) is 8.91. The molecule has 0 aromatic carbocycles. The Morgan fingerprint density at radius 3 is 2.27 bits per heavy atom. The summed E-state index contributed by atoms with van der Waals surface area (Å²) in [4.78, 5) is 1.23. The largest absolute Gasteiger partial charge is 0.381 e. The normalized spacial score (nSPS) is 12.4. The van der Waals surface area contributed by atoms with E-state index < -0.39 is 16.0 Å². The van der Waals surface area contributed by atoms with Crippen molar-refractivity contribution in [2.45, 2.75) is 13.3 Å². The second-order valence-electron chi connectivity index (χ2n) is 2.25. The molecule has 11 heavy (non-hydrogen) atoms. The lowest BCUT2D eigenvalue weighted by atomic mass is 10.5. The van der Waals surface area contributed by atoms with Crippen molar-refractivity contribution in [1.82, 2.24) is 4.90 Å². The Bertz CT molecular complexity index is 189. The molecule has 0 amide bonds. The Labute approximate surface area is 66.4 Å². The van der Waals surface area contributed by atoms with E-state index in [1.54, 1.807) is 0 Å². The summed E-state index contributed by atoms with van der Waals surface area (Å²) in [7, 11) is -3.99. The van der Waals surface area contributed by atoms with Gasteiger partial charge >= 0.3 is 0 Å². The highest BCUT2D eigenvalue weighted by Gasteiger charge is 2.10. The number of aliphatic hydroxyl groups is 1. The van der Waals surface area contributed by atoms with Crippen LogP contribution in [0.4, 0.5) is 0 Å². The summed E-state index contributed by atoms with van der Waals surface area (Å²) in [6.45, 7) is 1.95. The lowest BCUT2D eigenvalue weighted by Crippen LogP contribution is -2.31. The first-order chi connectivity index (χ1) is 4.99. The second-order valence-corrected chi connectivity index (χ2v) is 3.67. The molecular weight excluding hydrogens is 170 g/mol. The molecule has 0 unspecified atom stereocenters. The summed E-state index contributed by atoms with van der Waals surface area (Å²) in [5.74, 6) is -0.503. The molecule has 0 aromatic heterocycles. The standard InChI is InChI=1S/C5H13NO4S/c1-2-3-6(4-7)5-11(8,9)10/h7H,2-5H2,1H3,(H,8,9,10). The summed E-state index contributed by atoms with van der Waals surface area (Å²) >= 11 is 0. The van der Waals surface area contributed by atoms with Gasteiger partial charge in [-0.2, -0.15) is 8.42 Å². The average molecular weight is 183 g/mol. The number of nitrogens with zero attached hydrogens (tertiary/aromatic N) is 1. The van der Waals surface area contributed by atoms with Gasteiger partial charge in [0, 0.05) is 6.54 Å². The summed E-state index contributed by atoms with van der Waals surface area (Å²) in [5.41, 5.74) is 0. The van der Waals surface area contributed by atoms with Crippen molar-refractivity contribution >= 4 is 10.1 Å². The van der Waals surface area contributed by atoms with Crippen LogP contribution in [0.2, 0.25) is 0 Å². The number of aliphatic hydroxyl groups excluding tert-OH is 1. The van der Waals surface area contributed by atoms with Gasteiger partial charge < -0.3 is 5.11 Å². The first-order valence-corrected chi connectivity index (χ1v) is 4.89. The highest BCUT2D eigenvalue weighted by atomic mass is 32.2. The van der Waals surface area contributed by atoms with E-state index in [-0.39, 0.29) is 6.73 Å². The van der Waals surface area contributed by atoms with Crippen molar-refractivity contribution < 1.29 is 18.1 Å². The maximum Gasteiger partial charge on any atom is 0.278 e. The third-order valence-electron chi connectivity index (χ3n) is 1.09. The minimum Gasteiger partial charge on any atom is -0.381 e. The molecule has 0 heterocycles. The van der Waals surface area contributed by atoms with Gasteiger partial charge in [-0.3, -0.25) is 9.45 Å². The van der Waals surface area contributed by atoms with Crippen LogP contribution in [-0.2, 0) is 10.1 Å². The molecule has 6 heteroatoms. The van der Waals surface area contributed by atoms with E-state index in [2.05, 4.69) is 0 Å². The van der Waals surface area contributed by atoms with Crippen molar-refractivity contribution in [2.24, 2.45) is 0 Å². The van der Waals surface area contributed by atoms with Gasteiger partial charge in [0.05, 0.1) is 6.73 Å². The molecule has 0 aliphatic carbocycles. The molecule has 0 atom stereocenters. The van der Waals surface area contributed by atoms with Crippen LogP contribution in [-0.4, -0.2) is 42.1 Å². The van der Waals surface area contributed by atoms with Crippen LogP contribution in [0.5, 0.6) is 0 Å². The van der Waals surface area contributed by atoms with Crippen LogP contribution in [0.1, 0.15) is 13.3 Å². The fraction of sp³-hybridized carbons (Fsp3) is 1.00. The molecule has 0 aliphatic heterocycles. The number of hydrogen-bond donors (Lipinski definition) is 2. The van der Waals surface area contributed by atoms with Crippen LogP contribution in [0.25, 0.3) is 0 Å². The molecule has 68 valence electrons. The maximum absolute atomic E-state index is 10.3. The average Bonchev–Trinajstić information content (AvgIpc) is 1.84. The minimum atomic E-state index is -3.99. The fourth-order valence-electron chi connectivity index (χ4n) is 0.723. The van der Waals surface area contributed by atoms with E-state index in [1.807, 2.05) is 6.92 Å². The molecule has 0 saturated carbocycles. The minimum absolute atomic E-state index is 0.354. The lowest BCUT2D eigenvalue weighted by Gasteiger charge is -2.15. The van der Waals surface area contributed by atoms with E-state index in [4.69, 9.17) is 9.66 Å². The van der Waals surface area contributed by atoms with Crippen LogP contribution in [0.3, 0.4) is 0 Å². The van der Waals surface area contributed by atoms with E-state index in [0.29, 0.717) is 6.54 Å². The molecule has 0 radical (unpaired) electrons. The van der Waals surface area contributed by atoms with Crippen molar-refractivity contribution in [3.63, 3.8) is 0 Å². The zero-order valence-corrected chi connectivity index (χ0v) is 7.21. The Morgan fingerprint density at radius 2 is 2.00 bits per heavy atom. The highest BCUT2D eigenvalue weighted by Crippen LogP contribution is 1.93. The fourth-order valence-corrected chi connectivity index (χ4v) is 1.40. The van der Waals surface area contributed by atoms with Crippen LogP contribution < -0.4 is 0 Å². The molecular formula is C5H13NO4S. The number of rotatable bonds is 5. The molecule has 2 N–H and O–H groups in total. The van der Waals surface area contributed by atoms with Gasteiger partial charge in [-0.25, -0.2) is 0 Å². The lowest BCUT2D eigenvalue weighted by molar-refractivity contribution is 0.122. The van der Waals surface area contributed by atoms with Gasteiger partial charge in [-0.05, 0) is 6.42 Å². The van der Waals surface area contributed by atoms with Crippen molar-refractivity contribution in [2.75, 3.05) is 19.2 Å². The highest BCUT2D eigenvalue weighted by molar-refractivity contribution is 7.85. The Kier molecular flexibility index (Phi) is 4.58. The van der Waals surface area contributed by atoms with Gasteiger partial charge in [0.15, 0.2) is 0 Å². The molecule has 0 spiro atoms. The quantitative estimate of drug-likeness (QED) is 0.443. The van der Waals surface area contributed by atoms with Crippen molar-refractivity contribution in [3.05, 3.63) is 0 Å². The second kappa shape index (κ2) is 4.66. The predicted octanol–water partition coefficient (Wildman–Crippen LogP) is -0.506. The molecule has 0 aliphatic rings. The van der Waals surface area contributed by atoms with Crippen LogP contribution in [0, 0.1) is 0 Å². The van der Waals surface area contributed by atoms with Crippen molar-refractivity contribution in [1.29, 1.82) is 0 Å². The molecule has 0 saturated heterocycles. The van der Waals surface area contributed by atoms with E-state index >= 15 is 0 Å². The third-order valence-corrected chi connectivity index (χ3v) is 1.78. The molecule has 0 rings (SSSR count). The summed E-state index contributed by atoms with van der Waals surface area (Å²) in [5, 5.41) is 8.57. The van der Waals surface area contributed by atoms with Crippen molar-refractivity contribution in [3.8, 4) is 0 Å². The Morgan fingerprint density at radius 1 is 1.45 bits per heavy atom. The van der Waals surface area contributed by atoms with Gasteiger partial charge in [0.25, 0.3) is 10.1 Å². The molecule has 5 nitrogen and oxygen atoms in total. The van der Waals surface area contributed by atoms with Gasteiger partial charge in [-0.1, -0.05) is 6.92 Å². The summed E-state index contributed by atoms with van der Waals surface area (Å²) in [6.07, 6.45) is 0.732. The smallest absolute Gasteiger partial charge is 0.278 e. The Hall–Kier alpha value is -0.170. The van der Waals surface area contributed by atoms with E-state index in [0.717, 1.165) is 6.42 Å². The van der Waals surface area contributed by atoms with Crippen LogP contribution in [0.15, 0.2) is 0 Å². The zero-order valence-electron chi connectivity index (χ0n) is 6.39. The monoisotopic (exact) mass is 183 g/mol. The predicted molar refractivity (Wildman–Crippen MR) is 40.5 cm³/mol.